The van der Waals surface area contributed by atoms with Crippen LogP contribution in [0.2, 0.25) is 0 Å². The van der Waals surface area contributed by atoms with Crippen LogP contribution in [0.1, 0.15) is 25.3 Å². The number of halogens is 1. The number of rotatable bonds is 4. The Morgan fingerprint density at radius 3 is 2.84 bits per heavy atom. The van der Waals surface area contributed by atoms with E-state index < -0.39 is 0 Å². The van der Waals surface area contributed by atoms with E-state index in [0.717, 1.165) is 12.8 Å². The molecule has 1 aliphatic heterocycles. The van der Waals surface area contributed by atoms with Crippen molar-refractivity contribution in [3.05, 3.63) is 41.3 Å². The Hall–Kier alpha value is -1.75. The highest BCUT2D eigenvalue weighted by Gasteiger charge is 2.29. The van der Waals surface area contributed by atoms with Crippen molar-refractivity contribution in [3.8, 4) is 0 Å². The van der Waals surface area contributed by atoms with Crippen molar-refractivity contribution in [2.24, 2.45) is 0 Å². The fraction of sp³-hybridized carbons (Fsp3) is 0.286. The second-order valence-corrected chi connectivity index (χ2v) is 4.71. The average Bonchev–Trinajstić information content (AvgIpc) is 2.65. The Balaban J connectivity index is 2.21. The summed E-state index contributed by atoms with van der Waals surface area (Å²) in [5.41, 5.74) is 0.699. The molecule has 3 nitrogen and oxygen atoms in total. The first-order valence-electron chi connectivity index (χ1n) is 6.22. The van der Waals surface area contributed by atoms with Gasteiger partial charge in [0.05, 0.1) is 0 Å². The van der Waals surface area contributed by atoms with Gasteiger partial charge in [-0.05, 0) is 30.8 Å². The summed E-state index contributed by atoms with van der Waals surface area (Å²) in [6.07, 6.45) is 3.37. The smallest absolute Gasteiger partial charge is 0.276 e. The third kappa shape index (κ3) is 2.98. The fourth-order valence-corrected chi connectivity index (χ4v) is 2.12. The molecule has 1 amide bonds. The quantitative estimate of drug-likeness (QED) is 0.679. The van der Waals surface area contributed by atoms with Gasteiger partial charge >= 0.3 is 0 Å². The molecule has 1 aromatic rings. The maximum absolute atomic E-state index is 13.5. The highest BCUT2D eigenvalue weighted by Crippen LogP contribution is 2.16. The zero-order valence-electron chi connectivity index (χ0n) is 10.6. The predicted molar refractivity (Wildman–Crippen MR) is 76.7 cm³/mol. The molecule has 0 radical (unpaired) electrons. The van der Waals surface area contributed by atoms with Crippen molar-refractivity contribution < 1.29 is 9.18 Å². The van der Waals surface area contributed by atoms with Crippen molar-refractivity contribution in [1.82, 2.24) is 10.2 Å². The molecule has 0 bridgehead atoms. The molecule has 1 heterocycles. The second kappa shape index (κ2) is 5.93. The highest BCUT2D eigenvalue weighted by molar-refractivity contribution is 7.80. The summed E-state index contributed by atoms with van der Waals surface area (Å²) >= 11 is 5.12. The minimum absolute atomic E-state index is 0.193. The van der Waals surface area contributed by atoms with Gasteiger partial charge in [0.2, 0.25) is 0 Å². The first kappa shape index (κ1) is 13.7. The number of benzene rings is 1. The average molecular weight is 278 g/mol. The molecule has 1 fully saturated rings. The minimum atomic E-state index is -0.359. The van der Waals surface area contributed by atoms with Crippen LogP contribution in [0.25, 0.3) is 6.08 Å². The van der Waals surface area contributed by atoms with Crippen LogP contribution in [0.4, 0.5) is 4.39 Å². The summed E-state index contributed by atoms with van der Waals surface area (Å²) in [7, 11) is 0. The third-order valence-electron chi connectivity index (χ3n) is 2.90. The van der Waals surface area contributed by atoms with Gasteiger partial charge in [0, 0.05) is 12.1 Å². The zero-order chi connectivity index (χ0) is 13.8. The van der Waals surface area contributed by atoms with Crippen LogP contribution >= 0.6 is 12.2 Å². The van der Waals surface area contributed by atoms with Crippen molar-refractivity contribution in [2.45, 2.75) is 19.8 Å². The number of amides is 1. The summed E-state index contributed by atoms with van der Waals surface area (Å²) in [4.78, 5) is 13.6. The minimum Gasteiger partial charge on any atom is -0.328 e. The molecule has 19 heavy (non-hydrogen) atoms. The maximum Gasteiger partial charge on any atom is 0.276 e. The first-order chi connectivity index (χ1) is 9.13. The van der Waals surface area contributed by atoms with Crippen molar-refractivity contribution in [1.29, 1.82) is 0 Å². The molecule has 100 valence electrons. The van der Waals surface area contributed by atoms with Gasteiger partial charge in [0.25, 0.3) is 5.91 Å². The van der Waals surface area contributed by atoms with E-state index in [2.05, 4.69) is 5.32 Å². The van der Waals surface area contributed by atoms with E-state index in [9.17, 15) is 9.18 Å². The first-order valence-corrected chi connectivity index (χ1v) is 6.63. The normalized spacial score (nSPS) is 17.2. The number of carbonyl (C=O) groups excluding carboxylic acids is 1. The molecule has 1 aliphatic rings. The van der Waals surface area contributed by atoms with Gasteiger partial charge in [-0.1, -0.05) is 31.5 Å². The molecule has 0 unspecified atom stereocenters. The fourth-order valence-electron chi connectivity index (χ4n) is 1.84. The number of nitrogens with zero attached hydrogens (tertiary/aromatic N) is 1. The van der Waals surface area contributed by atoms with Crippen LogP contribution in [0.5, 0.6) is 0 Å². The monoisotopic (exact) mass is 278 g/mol. The Labute approximate surface area is 117 Å². The number of hydrogen-bond acceptors (Lipinski definition) is 2. The lowest BCUT2D eigenvalue weighted by Crippen LogP contribution is -2.31. The lowest BCUT2D eigenvalue weighted by atomic mass is 10.2. The van der Waals surface area contributed by atoms with Crippen molar-refractivity contribution >= 4 is 29.3 Å². The third-order valence-corrected chi connectivity index (χ3v) is 3.23. The van der Waals surface area contributed by atoms with E-state index >= 15 is 0 Å². The van der Waals surface area contributed by atoms with E-state index in [-0.39, 0.29) is 11.7 Å². The molecule has 1 N–H and O–H groups in total. The van der Waals surface area contributed by atoms with E-state index in [4.69, 9.17) is 12.2 Å². The zero-order valence-corrected chi connectivity index (χ0v) is 11.5. The van der Waals surface area contributed by atoms with E-state index in [1.54, 1.807) is 18.2 Å². The molecule has 0 aliphatic carbocycles. The molecule has 0 saturated carbocycles. The highest BCUT2D eigenvalue weighted by atomic mass is 32.1. The van der Waals surface area contributed by atoms with Crippen LogP contribution in [-0.2, 0) is 4.79 Å². The van der Waals surface area contributed by atoms with Gasteiger partial charge in [0.15, 0.2) is 5.11 Å². The Kier molecular flexibility index (Phi) is 4.27. The van der Waals surface area contributed by atoms with Crippen LogP contribution in [0, 0.1) is 5.82 Å². The number of nitrogens with one attached hydrogen (secondary N) is 1. The lowest BCUT2D eigenvalue weighted by molar-refractivity contribution is -0.122. The Bertz CT molecular complexity index is 542. The van der Waals surface area contributed by atoms with Crippen LogP contribution in [0.3, 0.4) is 0 Å². The van der Waals surface area contributed by atoms with Gasteiger partial charge in [-0.3, -0.25) is 9.69 Å². The number of carbonyl (C=O) groups is 1. The number of unbranched alkanes of at least 4 members (excludes halogenated alkanes) is 1. The van der Waals surface area contributed by atoms with Crippen molar-refractivity contribution in [3.63, 3.8) is 0 Å². The van der Waals surface area contributed by atoms with Gasteiger partial charge < -0.3 is 5.32 Å². The Morgan fingerprint density at radius 2 is 2.16 bits per heavy atom. The number of hydrogen-bond donors (Lipinski definition) is 1. The SMILES string of the molecule is CCCCN1C(=O)/C(=C/c2ccccc2F)NC1=S. The molecule has 1 aromatic carbocycles. The molecule has 1 saturated heterocycles. The molecular weight excluding hydrogens is 263 g/mol. The standard InChI is InChI=1S/C14H15FN2OS/c1-2-3-8-17-13(18)12(16-14(17)19)9-10-6-4-5-7-11(10)15/h4-7,9H,2-3,8H2,1H3,(H,16,19)/b12-9-. The molecular formula is C14H15FN2OS. The molecule has 2 rings (SSSR count). The van der Waals surface area contributed by atoms with Gasteiger partial charge in [-0.15, -0.1) is 0 Å². The van der Waals surface area contributed by atoms with E-state index in [1.165, 1.54) is 17.0 Å². The molecule has 5 heteroatoms. The largest absolute Gasteiger partial charge is 0.328 e. The summed E-state index contributed by atoms with van der Waals surface area (Å²) in [6.45, 7) is 2.64. The second-order valence-electron chi connectivity index (χ2n) is 4.32. The summed E-state index contributed by atoms with van der Waals surface area (Å²) in [5.74, 6) is -0.552. The Morgan fingerprint density at radius 1 is 1.42 bits per heavy atom. The maximum atomic E-state index is 13.5. The molecule has 0 spiro atoms. The van der Waals surface area contributed by atoms with Gasteiger partial charge in [-0.2, -0.15) is 0 Å². The van der Waals surface area contributed by atoms with E-state index in [0.29, 0.717) is 22.9 Å². The lowest BCUT2D eigenvalue weighted by Gasteiger charge is -2.12. The number of thiocarbonyl (C=S) groups is 1. The van der Waals surface area contributed by atoms with Gasteiger partial charge in [0.1, 0.15) is 11.5 Å². The van der Waals surface area contributed by atoms with Gasteiger partial charge in [-0.25, -0.2) is 4.39 Å². The van der Waals surface area contributed by atoms with E-state index in [1.807, 2.05) is 6.92 Å². The molecule has 0 aromatic heterocycles. The van der Waals surface area contributed by atoms with Crippen LogP contribution < -0.4 is 5.32 Å². The molecule has 0 atom stereocenters. The van der Waals surface area contributed by atoms with Crippen molar-refractivity contribution in [2.75, 3.05) is 6.54 Å². The summed E-state index contributed by atoms with van der Waals surface area (Å²) in [5, 5.41) is 3.23. The topological polar surface area (TPSA) is 32.3 Å². The van der Waals surface area contributed by atoms with Crippen LogP contribution in [-0.4, -0.2) is 22.5 Å². The summed E-state index contributed by atoms with van der Waals surface area (Å²) < 4.78 is 13.5. The predicted octanol–water partition coefficient (Wildman–Crippen LogP) is 2.68. The summed E-state index contributed by atoms with van der Waals surface area (Å²) in [6, 6.07) is 6.32. The van der Waals surface area contributed by atoms with Crippen LogP contribution in [0.15, 0.2) is 30.0 Å².